The van der Waals surface area contributed by atoms with Crippen LogP contribution in [0.5, 0.6) is 0 Å². The number of aliphatic hydroxyl groups is 1. The average molecular weight is 291 g/mol. The minimum absolute atomic E-state index is 0.116. The van der Waals surface area contributed by atoms with Crippen LogP contribution in [0.2, 0.25) is 0 Å². The molecule has 1 aromatic carbocycles. The molecular weight excluding hydrogens is 274 g/mol. The first kappa shape index (κ1) is 14.7. The Morgan fingerprint density at radius 3 is 2.90 bits per heavy atom. The van der Waals surface area contributed by atoms with E-state index >= 15 is 0 Å². The van der Waals surface area contributed by atoms with Crippen molar-refractivity contribution in [3.05, 3.63) is 54.0 Å². The van der Waals surface area contributed by atoms with Gasteiger partial charge in [-0.1, -0.05) is 12.1 Å². The molecule has 0 aliphatic carbocycles. The summed E-state index contributed by atoms with van der Waals surface area (Å²) in [5.41, 5.74) is 1.39. The van der Waals surface area contributed by atoms with Gasteiger partial charge in [-0.3, -0.25) is 4.79 Å². The maximum absolute atomic E-state index is 12.1. The monoisotopic (exact) mass is 291 g/mol. The quantitative estimate of drug-likeness (QED) is 0.803. The van der Waals surface area contributed by atoms with Crippen LogP contribution in [0.1, 0.15) is 28.4 Å². The van der Waals surface area contributed by atoms with E-state index in [2.05, 4.69) is 5.32 Å². The molecule has 0 aliphatic rings. The summed E-state index contributed by atoms with van der Waals surface area (Å²) < 4.78 is 4.91. The molecule has 1 heterocycles. The second-order valence-corrected chi connectivity index (χ2v) is 5.17. The highest BCUT2D eigenvalue weighted by Crippen LogP contribution is 2.20. The van der Waals surface area contributed by atoms with Gasteiger partial charge in [0.05, 0.1) is 24.2 Å². The van der Waals surface area contributed by atoms with Crippen molar-refractivity contribution in [2.75, 3.05) is 12.8 Å². The van der Waals surface area contributed by atoms with E-state index in [1.165, 1.54) is 24.3 Å². The number of rotatable bonds is 6. The van der Waals surface area contributed by atoms with Gasteiger partial charge in [0.1, 0.15) is 0 Å². The predicted molar refractivity (Wildman–Crippen MR) is 78.8 cm³/mol. The summed E-state index contributed by atoms with van der Waals surface area (Å²) in [5, 5.41) is 12.7. The van der Waals surface area contributed by atoms with E-state index in [0.29, 0.717) is 18.5 Å². The molecule has 4 nitrogen and oxygen atoms in total. The molecule has 0 spiro atoms. The molecule has 106 valence electrons. The van der Waals surface area contributed by atoms with E-state index in [-0.39, 0.29) is 5.91 Å². The van der Waals surface area contributed by atoms with Crippen LogP contribution in [-0.4, -0.2) is 23.8 Å². The fourth-order valence-corrected chi connectivity index (χ4v) is 2.48. The molecule has 2 aromatic rings. The van der Waals surface area contributed by atoms with Crippen molar-refractivity contribution in [1.29, 1.82) is 0 Å². The standard InChI is InChI=1S/C15H17NO3S/c1-20-14-5-3-2-4-12(14)15(18)16-8-6-13(17)11-7-9-19-10-11/h2-5,7,9-10,13,17H,6,8H2,1H3,(H,16,18). The lowest BCUT2D eigenvalue weighted by Crippen LogP contribution is -2.26. The third-order valence-corrected chi connectivity index (χ3v) is 3.78. The molecule has 0 saturated heterocycles. The van der Waals surface area contributed by atoms with Gasteiger partial charge in [0.2, 0.25) is 0 Å². The molecule has 1 amide bonds. The third-order valence-electron chi connectivity index (χ3n) is 2.98. The van der Waals surface area contributed by atoms with Crippen LogP contribution >= 0.6 is 11.8 Å². The smallest absolute Gasteiger partial charge is 0.252 e. The summed E-state index contributed by atoms with van der Waals surface area (Å²) in [6.07, 6.45) is 4.80. The van der Waals surface area contributed by atoms with E-state index in [4.69, 9.17) is 4.42 Å². The van der Waals surface area contributed by atoms with Crippen LogP contribution in [0, 0.1) is 0 Å². The van der Waals surface area contributed by atoms with Crippen LogP contribution in [-0.2, 0) is 0 Å². The van der Waals surface area contributed by atoms with E-state index in [0.717, 1.165) is 10.5 Å². The highest BCUT2D eigenvalue weighted by atomic mass is 32.2. The van der Waals surface area contributed by atoms with Crippen LogP contribution < -0.4 is 5.32 Å². The van der Waals surface area contributed by atoms with Crippen LogP contribution in [0.25, 0.3) is 0 Å². The van der Waals surface area contributed by atoms with Gasteiger partial charge >= 0.3 is 0 Å². The largest absolute Gasteiger partial charge is 0.472 e. The fourth-order valence-electron chi connectivity index (χ4n) is 1.88. The molecule has 0 aliphatic heterocycles. The Morgan fingerprint density at radius 2 is 2.20 bits per heavy atom. The SMILES string of the molecule is CSc1ccccc1C(=O)NCCC(O)c1ccoc1. The van der Waals surface area contributed by atoms with Gasteiger partial charge in [0, 0.05) is 17.0 Å². The Hall–Kier alpha value is -1.72. The minimum Gasteiger partial charge on any atom is -0.472 e. The Balaban J connectivity index is 1.86. The molecule has 20 heavy (non-hydrogen) atoms. The van der Waals surface area contributed by atoms with Gasteiger partial charge in [-0.25, -0.2) is 0 Å². The van der Waals surface area contributed by atoms with Crippen LogP contribution in [0.3, 0.4) is 0 Å². The topological polar surface area (TPSA) is 62.5 Å². The molecule has 1 aromatic heterocycles. The lowest BCUT2D eigenvalue weighted by molar-refractivity contribution is 0.0939. The van der Waals surface area contributed by atoms with Gasteiger partial charge < -0.3 is 14.8 Å². The van der Waals surface area contributed by atoms with E-state index in [9.17, 15) is 9.90 Å². The van der Waals surface area contributed by atoms with Crippen molar-refractivity contribution in [3.8, 4) is 0 Å². The molecule has 5 heteroatoms. The Labute approximate surface area is 122 Å². The number of thioether (sulfide) groups is 1. The minimum atomic E-state index is -0.621. The maximum Gasteiger partial charge on any atom is 0.252 e. The first-order chi connectivity index (χ1) is 9.72. The second kappa shape index (κ2) is 7.17. The lowest BCUT2D eigenvalue weighted by atomic mass is 10.1. The second-order valence-electron chi connectivity index (χ2n) is 4.32. The maximum atomic E-state index is 12.1. The first-order valence-electron chi connectivity index (χ1n) is 6.33. The van der Waals surface area contributed by atoms with Crippen molar-refractivity contribution in [2.45, 2.75) is 17.4 Å². The number of hydrogen-bond acceptors (Lipinski definition) is 4. The van der Waals surface area contributed by atoms with E-state index in [1.54, 1.807) is 12.1 Å². The lowest BCUT2D eigenvalue weighted by Gasteiger charge is -2.11. The van der Waals surface area contributed by atoms with Crippen molar-refractivity contribution in [1.82, 2.24) is 5.32 Å². The number of benzene rings is 1. The normalized spacial score (nSPS) is 12.1. The number of carbonyl (C=O) groups excluding carboxylic acids is 1. The number of furan rings is 1. The average Bonchev–Trinajstić information content (AvgIpc) is 3.01. The van der Waals surface area contributed by atoms with Gasteiger partial charge in [0.15, 0.2) is 0 Å². The first-order valence-corrected chi connectivity index (χ1v) is 7.56. The predicted octanol–water partition coefficient (Wildman–Crippen LogP) is 2.86. The number of hydrogen-bond donors (Lipinski definition) is 2. The van der Waals surface area contributed by atoms with Crippen molar-refractivity contribution in [2.24, 2.45) is 0 Å². The Morgan fingerprint density at radius 1 is 1.40 bits per heavy atom. The molecule has 0 fully saturated rings. The van der Waals surface area contributed by atoms with Crippen molar-refractivity contribution < 1.29 is 14.3 Å². The number of aliphatic hydroxyl groups excluding tert-OH is 1. The summed E-state index contributed by atoms with van der Waals surface area (Å²) >= 11 is 1.54. The summed E-state index contributed by atoms with van der Waals surface area (Å²) in [5.74, 6) is -0.116. The molecule has 0 saturated carbocycles. The third kappa shape index (κ3) is 3.65. The van der Waals surface area contributed by atoms with E-state index in [1.807, 2.05) is 24.5 Å². The molecular formula is C15H17NO3S. The summed E-state index contributed by atoms with van der Waals surface area (Å²) in [4.78, 5) is 13.0. The molecule has 1 atom stereocenters. The number of carbonyl (C=O) groups is 1. The fraction of sp³-hybridized carbons (Fsp3) is 0.267. The Kier molecular flexibility index (Phi) is 5.26. The zero-order valence-corrected chi connectivity index (χ0v) is 12.0. The van der Waals surface area contributed by atoms with E-state index < -0.39 is 6.10 Å². The number of nitrogens with one attached hydrogen (secondary N) is 1. The summed E-state index contributed by atoms with van der Waals surface area (Å²) in [6, 6.07) is 9.18. The molecule has 1 unspecified atom stereocenters. The summed E-state index contributed by atoms with van der Waals surface area (Å²) in [7, 11) is 0. The number of amides is 1. The molecule has 2 rings (SSSR count). The molecule has 0 radical (unpaired) electrons. The van der Waals surface area contributed by atoms with Gasteiger partial charge in [-0.05, 0) is 30.9 Å². The van der Waals surface area contributed by atoms with Gasteiger partial charge in [0.25, 0.3) is 5.91 Å². The highest BCUT2D eigenvalue weighted by molar-refractivity contribution is 7.98. The van der Waals surface area contributed by atoms with Crippen molar-refractivity contribution >= 4 is 17.7 Å². The zero-order chi connectivity index (χ0) is 14.4. The van der Waals surface area contributed by atoms with Gasteiger partial charge in [-0.2, -0.15) is 0 Å². The van der Waals surface area contributed by atoms with Crippen LogP contribution in [0.4, 0.5) is 0 Å². The van der Waals surface area contributed by atoms with Crippen molar-refractivity contribution in [3.63, 3.8) is 0 Å². The zero-order valence-electron chi connectivity index (χ0n) is 11.2. The Bertz CT molecular complexity index is 554. The molecule has 0 bridgehead atoms. The highest BCUT2D eigenvalue weighted by Gasteiger charge is 2.12. The van der Waals surface area contributed by atoms with Crippen LogP contribution in [0.15, 0.2) is 52.2 Å². The molecule has 2 N–H and O–H groups in total. The summed E-state index contributed by atoms with van der Waals surface area (Å²) in [6.45, 7) is 0.411. The van der Waals surface area contributed by atoms with Gasteiger partial charge in [-0.15, -0.1) is 11.8 Å².